The molecule has 1 saturated heterocycles. The number of nitrogens with one attached hydrogen (secondary N) is 1. The number of fused-ring (bicyclic) bond motifs is 1. The lowest BCUT2D eigenvalue weighted by Gasteiger charge is -2.29. The zero-order valence-electron chi connectivity index (χ0n) is 13.4. The summed E-state index contributed by atoms with van der Waals surface area (Å²) in [6.45, 7) is 4.83. The van der Waals surface area contributed by atoms with Crippen LogP contribution in [0.1, 0.15) is 24.8 Å². The lowest BCUT2D eigenvalue weighted by atomic mass is 10.1. The number of aryl methyl sites for hydroxylation is 2. The molecule has 3 rings (SSSR count). The maximum atomic E-state index is 12.1. The fourth-order valence-electron chi connectivity index (χ4n) is 3.02. The van der Waals surface area contributed by atoms with Gasteiger partial charge in [0.15, 0.2) is 0 Å². The molecule has 0 unspecified atom stereocenters. The van der Waals surface area contributed by atoms with Crippen LogP contribution in [0.15, 0.2) is 24.4 Å². The topological polar surface area (TPSA) is 50.2 Å². The normalized spacial score (nSPS) is 17.0. The standard InChI is InChI=1S/C17H24N4O/c1-13-3-4-14-12-18-21(16(14)11-13)10-7-17(22)19-15-5-8-20(2)9-6-15/h3-4,11-12,15H,5-10H2,1-2H3,(H,19,22). The lowest BCUT2D eigenvalue weighted by Crippen LogP contribution is -2.43. The molecule has 2 heterocycles. The van der Waals surface area contributed by atoms with Crippen LogP contribution in [0.25, 0.3) is 10.9 Å². The first-order valence-corrected chi connectivity index (χ1v) is 8.02. The van der Waals surface area contributed by atoms with E-state index in [4.69, 9.17) is 0 Å². The van der Waals surface area contributed by atoms with E-state index in [-0.39, 0.29) is 5.91 Å². The van der Waals surface area contributed by atoms with Crippen molar-refractivity contribution in [2.24, 2.45) is 0 Å². The van der Waals surface area contributed by atoms with Crippen LogP contribution in [0.4, 0.5) is 0 Å². The van der Waals surface area contributed by atoms with Crippen LogP contribution in [-0.2, 0) is 11.3 Å². The van der Waals surface area contributed by atoms with Crippen molar-refractivity contribution in [1.82, 2.24) is 20.0 Å². The van der Waals surface area contributed by atoms with Crippen molar-refractivity contribution < 1.29 is 4.79 Å². The third-order valence-corrected chi connectivity index (χ3v) is 4.43. The summed E-state index contributed by atoms with van der Waals surface area (Å²) < 4.78 is 1.93. The van der Waals surface area contributed by atoms with Gasteiger partial charge in [0.1, 0.15) is 0 Å². The number of amides is 1. The molecule has 1 amide bonds. The van der Waals surface area contributed by atoms with Crippen molar-refractivity contribution in [1.29, 1.82) is 0 Å². The van der Waals surface area contributed by atoms with Crippen LogP contribution < -0.4 is 5.32 Å². The fraction of sp³-hybridized carbons (Fsp3) is 0.529. The second kappa shape index (κ2) is 6.48. The van der Waals surface area contributed by atoms with E-state index in [2.05, 4.69) is 47.5 Å². The Balaban J connectivity index is 1.55. The van der Waals surface area contributed by atoms with Crippen LogP contribution in [0, 0.1) is 6.92 Å². The van der Waals surface area contributed by atoms with Gasteiger partial charge in [-0.05, 0) is 51.5 Å². The monoisotopic (exact) mass is 300 g/mol. The summed E-state index contributed by atoms with van der Waals surface area (Å²) in [5, 5.41) is 8.68. The quantitative estimate of drug-likeness (QED) is 0.939. The van der Waals surface area contributed by atoms with Gasteiger partial charge >= 0.3 is 0 Å². The van der Waals surface area contributed by atoms with E-state index < -0.39 is 0 Å². The molecular weight excluding hydrogens is 276 g/mol. The maximum absolute atomic E-state index is 12.1. The molecule has 1 N–H and O–H groups in total. The lowest BCUT2D eigenvalue weighted by molar-refractivity contribution is -0.122. The predicted octanol–water partition coefficient (Wildman–Crippen LogP) is 1.95. The molecule has 118 valence electrons. The third-order valence-electron chi connectivity index (χ3n) is 4.43. The Labute approximate surface area is 131 Å². The molecule has 1 aliphatic rings. The van der Waals surface area contributed by atoms with E-state index >= 15 is 0 Å². The zero-order valence-corrected chi connectivity index (χ0v) is 13.4. The second-order valence-electron chi connectivity index (χ2n) is 6.33. The first-order chi connectivity index (χ1) is 10.6. The van der Waals surface area contributed by atoms with Crippen LogP contribution in [0.2, 0.25) is 0 Å². The highest BCUT2D eigenvalue weighted by Crippen LogP contribution is 2.15. The molecule has 22 heavy (non-hydrogen) atoms. The smallest absolute Gasteiger partial charge is 0.222 e. The first-order valence-electron chi connectivity index (χ1n) is 8.02. The van der Waals surface area contributed by atoms with E-state index in [1.165, 1.54) is 5.56 Å². The molecule has 5 nitrogen and oxygen atoms in total. The number of rotatable bonds is 4. The van der Waals surface area contributed by atoms with Gasteiger partial charge in [-0.15, -0.1) is 0 Å². The Morgan fingerprint density at radius 2 is 2.14 bits per heavy atom. The van der Waals surface area contributed by atoms with Gasteiger partial charge in [-0.1, -0.05) is 12.1 Å². The summed E-state index contributed by atoms with van der Waals surface area (Å²) in [7, 11) is 2.13. The van der Waals surface area contributed by atoms with Gasteiger partial charge in [0.05, 0.1) is 18.3 Å². The highest BCUT2D eigenvalue weighted by Gasteiger charge is 2.18. The fourth-order valence-corrected chi connectivity index (χ4v) is 3.02. The van der Waals surface area contributed by atoms with E-state index in [1.54, 1.807) is 0 Å². The summed E-state index contributed by atoms with van der Waals surface area (Å²) in [6, 6.07) is 6.62. The highest BCUT2D eigenvalue weighted by atomic mass is 16.1. The Kier molecular flexibility index (Phi) is 4.43. The minimum absolute atomic E-state index is 0.130. The molecule has 1 fully saturated rings. The van der Waals surface area contributed by atoms with Gasteiger partial charge in [0.2, 0.25) is 5.91 Å². The number of benzene rings is 1. The Morgan fingerprint density at radius 1 is 1.36 bits per heavy atom. The zero-order chi connectivity index (χ0) is 15.5. The Hall–Kier alpha value is -1.88. The number of aromatic nitrogens is 2. The van der Waals surface area contributed by atoms with Gasteiger partial charge < -0.3 is 10.2 Å². The number of hydrogen-bond donors (Lipinski definition) is 1. The van der Waals surface area contributed by atoms with Crippen molar-refractivity contribution in [3.63, 3.8) is 0 Å². The van der Waals surface area contributed by atoms with Gasteiger partial charge in [-0.3, -0.25) is 9.48 Å². The summed E-state index contributed by atoms with van der Waals surface area (Å²) >= 11 is 0. The van der Waals surface area contributed by atoms with E-state index in [1.807, 2.05) is 10.9 Å². The molecule has 0 bridgehead atoms. The van der Waals surface area contributed by atoms with Gasteiger partial charge in [0, 0.05) is 17.8 Å². The van der Waals surface area contributed by atoms with Gasteiger partial charge in [-0.25, -0.2) is 0 Å². The number of nitrogens with zero attached hydrogens (tertiary/aromatic N) is 3. The molecule has 1 aliphatic heterocycles. The van der Waals surface area contributed by atoms with Crippen LogP contribution in [0.5, 0.6) is 0 Å². The number of piperidine rings is 1. The maximum Gasteiger partial charge on any atom is 0.222 e. The number of likely N-dealkylation sites (tertiary alicyclic amines) is 1. The number of hydrogen-bond acceptors (Lipinski definition) is 3. The summed E-state index contributed by atoms with van der Waals surface area (Å²) in [6.07, 6.45) is 4.44. The second-order valence-corrected chi connectivity index (χ2v) is 6.33. The molecule has 1 aromatic carbocycles. The largest absolute Gasteiger partial charge is 0.353 e. The number of carbonyl (C=O) groups is 1. The molecule has 0 saturated carbocycles. The van der Waals surface area contributed by atoms with Crippen LogP contribution in [-0.4, -0.2) is 46.8 Å². The average molecular weight is 300 g/mol. The molecule has 2 aromatic rings. The van der Waals surface area contributed by atoms with Crippen LogP contribution >= 0.6 is 0 Å². The number of carbonyl (C=O) groups excluding carboxylic acids is 1. The molecule has 0 atom stereocenters. The molecular formula is C17H24N4O. The van der Waals surface area contributed by atoms with Crippen molar-refractivity contribution in [2.45, 2.75) is 38.8 Å². The Morgan fingerprint density at radius 3 is 2.91 bits per heavy atom. The van der Waals surface area contributed by atoms with E-state index in [0.29, 0.717) is 19.0 Å². The minimum atomic E-state index is 0.130. The average Bonchev–Trinajstić information content (AvgIpc) is 2.90. The minimum Gasteiger partial charge on any atom is -0.353 e. The molecule has 1 aromatic heterocycles. The van der Waals surface area contributed by atoms with Gasteiger partial charge in [0.25, 0.3) is 0 Å². The highest BCUT2D eigenvalue weighted by molar-refractivity contribution is 5.80. The molecule has 5 heteroatoms. The van der Waals surface area contributed by atoms with Gasteiger partial charge in [-0.2, -0.15) is 5.10 Å². The summed E-state index contributed by atoms with van der Waals surface area (Å²) in [5.74, 6) is 0.130. The van der Waals surface area contributed by atoms with Crippen molar-refractivity contribution in [3.8, 4) is 0 Å². The predicted molar refractivity (Wildman–Crippen MR) is 87.7 cm³/mol. The summed E-state index contributed by atoms with van der Waals surface area (Å²) in [5.41, 5.74) is 2.32. The molecule has 0 aliphatic carbocycles. The molecule has 0 radical (unpaired) electrons. The van der Waals surface area contributed by atoms with E-state index in [0.717, 1.165) is 36.8 Å². The first kappa shape index (κ1) is 15.0. The summed E-state index contributed by atoms with van der Waals surface area (Å²) in [4.78, 5) is 14.4. The third kappa shape index (κ3) is 3.47. The van der Waals surface area contributed by atoms with Crippen molar-refractivity contribution in [3.05, 3.63) is 30.0 Å². The molecule has 0 spiro atoms. The van der Waals surface area contributed by atoms with E-state index in [9.17, 15) is 4.79 Å². The Bertz CT molecular complexity index is 656. The SMILES string of the molecule is Cc1ccc2cnn(CCC(=O)NC3CCN(C)CC3)c2c1. The van der Waals surface area contributed by atoms with Crippen molar-refractivity contribution >= 4 is 16.8 Å². The van der Waals surface area contributed by atoms with Crippen LogP contribution in [0.3, 0.4) is 0 Å². The van der Waals surface area contributed by atoms with Crippen molar-refractivity contribution in [2.75, 3.05) is 20.1 Å².